The molecule has 0 N–H and O–H groups in total. The Bertz CT molecular complexity index is 866. The molecule has 1 aliphatic rings. The normalized spacial score (nSPS) is 12.1. The summed E-state index contributed by atoms with van der Waals surface area (Å²) in [5, 5.41) is 0. The maximum Gasteiger partial charge on any atom is 0.242 e. The van der Waals surface area contributed by atoms with Gasteiger partial charge in [0.2, 0.25) is 12.7 Å². The molecule has 0 fully saturated rings. The quantitative estimate of drug-likeness (QED) is 0.467. The van der Waals surface area contributed by atoms with E-state index in [0.29, 0.717) is 36.3 Å². The van der Waals surface area contributed by atoms with Crippen molar-refractivity contribution in [1.82, 2.24) is 0 Å². The Balaban J connectivity index is 1.97. The molecule has 0 atom stereocenters. The molecule has 28 heavy (non-hydrogen) atoms. The van der Waals surface area contributed by atoms with E-state index in [9.17, 15) is 4.79 Å². The third kappa shape index (κ3) is 4.42. The minimum absolute atomic E-state index is 0.124. The molecule has 3 rings (SSSR count). The van der Waals surface area contributed by atoms with Gasteiger partial charge in [-0.3, -0.25) is 4.79 Å². The molecule has 148 valence electrons. The molecule has 0 aromatic heterocycles. The zero-order chi connectivity index (χ0) is 20.1. The van der Waals surface area contributed by atoms with Crippen LogP contribution in [0.25, 0.3) is 0 Å². The molecule has 1 heterocycles. The van der Waals surface area contributed by atoms with Crippen LogP contribution in [-0.2, 0) is 11.3 Å². The molecule has 1 aliphatic heterocycles. The molecule has 0 saturated heterocycles. The fourth-order valence-corrected chi connectivity index (χ4v) is 3.13. The Morgan fingerprint density at radius 2 is 2.04 bits per heavy atom. The summed E-state index contributed by atoms with van der Waals surface area (Å²) >= 11 is 5.89. The molecule has 5 nitrogen and oxygen atoms in total. The monoisotopic (exact) mass is 401 g/mol. The van der Waals surface area contributed by atoms with Crippen LogP contribution in [0.15, 0.2) is 49.1 Å². The van der Waals surface area contributed by atoms with Gasteiger partial charge in [0.15, 0.2) is 11.5 Å². The van der Waals surface area contributed by atoms with Crippen LogP contribution in [0.4, 0.5) is 5.69 Å². The molecule has 0 unspecified atom stereocenters. The maximum absolute atomic E-state index is 12.6. The summed E-state index contributed by atoms with van der Waals surface area (Å²) in [7, 11) is 0. The molecule has 2 aromatic carbocycles. The average molecular weight is 402 g/mol. The summed E-state index contributed by atoms with van der Waals surface area (Å²) in [6.45, 7) is 8.86. The molecule has 6 heteroatoms. The molecule has 0 saturated carbocycles. The topological polar surface area (TPSA) is 48.0 Å². The highest BCUT2D eigenvalue weighted by Crippen LogP contribution is 2.36. The lowest BCUT2D eigenvalue weighted by molar-refractivity contribution is -0.116. The SMILES string of the molecule is C=CCOc1ccc(C(C)C)cc1CN(C(=O)CCl)c1ccc2c(c1)OCO2. The number of alkyl halides is 1. The van der Waals surface area contributed by atoms with Crippen LogP contribution < -0.4 is 19.1 Å². The van der Waals surface area contributed by atoms with Crippen molar-refractivity contribution in [2.75, 3.05) is 24.2 Å². The van der Waals surface area contributed by atoms with Crippen molar-refractivity contribution >= 4 is 23.2 Å². The van der Waals surface area contributed by atoms with Gasteiger partial charge in [0.1, 0.15) is 18.2 Å². The van der Waals surface area contributed by atoms with Gasteiger partial charge in [0.05, 0.1) is 6.54 Å². The molecule has 2 aromatic rings. The molecule has 1 amide bonds. The van der Waals surface area contributed by atoms with Crippen LogP contribution in [0.5, 0.6) is 17.2 Å². The van der Waals surface area contributed by atoms with Crippen LogP contribution in [-0.4, -0.2) is 25.2 Å². The van der Waals surface area contributed by atoms with E-state index in [4.69, 9.17) is 25.8 Å². The highest BCUT2D eigenvalue weighted by atomic mass is 35.5. The maximum atomic E-state index is 12.6. The summed E-state index contributed by atoms with van der Waals surface area (Å²) in [4.78, 5) is 14.3. The van der Waals surface area contributed by atoms with Crippen molar-refractivity contribution in [2.24, 2.45) is 0 Å². The van der Waals surface area contributed by atoms with Crippen LogP contribution in [0.2, 0.25) is 0 Å². The van der Waals surface area contributed by atoms with Crippen LogP contribution >= 0.6 is 11.6 Å². The molecular formula is C22H24ClNO4. The fourth-order valence-electron chi connectivity index (χ4n) is 2.99. The van der Waals surface area contributed by atoms with E-state index in [-0.39, 0.29) is 18.6 Å². The zero-order valence-corrected chi connectivity index (χ0v) is 16.9. The predicted octanol–water partition coefficient (Wildman–Crippen LogP) is 4.88. The van der Waals surface area contributed by atoms with Gasteiger partial charge in [-0.05, 0) is 29.7 Å². The predicted molar refractivity (Wildman–Crippen MR) is 111 cm³/mol. The third-order valence-electron chi connectivity index (χ3n) is 4.52. The summed E-state index contributed by atoms with van der Waals surface area (Å²) in [5.74, 6) is 2.03. The second kappa shape index (κ2) is 9.02. The van der Waals surface area contributed by atoms with E-state index < -0.39 is 0 Å². The number of carbonyl (C=O) groups excluding carboxylic acids is 1. The van der Waals surface area contributed by atoms with Crippen LogP contribution in [0, 0.1) is 0 Å². The van der Waals surface area contributed by atoms with Crippen LogP contribution in [0.1, 0.15) is 30.9 Å². The molecule has 0 aliphatic carbocycles. The first kappa shape index (κ1) is 20.1. The smallest absolute Gasteiger partial charge is 0.242 e. The van der Waals surface area contributed by atoms with Crippen molar-refractivity contribution < 1.29 is 19.0 Å². The van der Waals surface area contributed by atoms with Gasteiger partial charge in [-0.15, -0.1) is 11.6 Å². The second-order valence-electron chi connectivity index (χ2n) is 6.77. The number of anilines is 1. The summed E-state index contributed by atoms with van der Waals surface area (Å²) < 4.78 is 16.6. The van der Waals surface area contributed by atoms with E-state index in [1.54, 1.807) is 23.1 Å². The van der Waals surface area contributed by atoms with E-state index in [1.165, 1.54) is 5.56 Å². The first-order valence-electron chi connectivity index (χ1n) is 9.16. The summed E-state index contributed by atoms with van der Waals surface area (Å²) in [5.41, 5.74) is 2.77. The fraction of sp³-hybridized carbons (Fsp3) is 0.318. The van der Waals surface area contributed by atoms with E-state index in [1.807, 2.05) is 18.2 Å². The summed E-state index contributed by atoms with van der Waals surface area (Å²) in [6.07, 6.45) is 1.69. The number of carbonyl (C=O) groups is 1. The van der Waals surface area contributed by atoms with Crippen molar-refractivity contribution in [3.05, 3.63) is 60.2 Å². The van der Waals surface area contributed by atoms with Gasteiger partial charge >= 0.3 is 0 Å². The number of hydrogen-bond acceptors (Lipinski definition) is 4. The Hall–Kier alpha value is -2.66. The average Bonchev–Trinajstić information content (AvgIpc) is 3.17. The number of rotatable bonds is 8. The molecule has 0 spiro atoms. The standard InChI is InChI=1S/C22H24ClNO4/c1-4-9-26-19-7-5-16(15(2)3)10-17(19)13-24(22(25)12-23)18-6-8-20-21(11-18)28-14-27-20/h4-8,10-11,15H,1,9,12-14H2,2-3H3. The van der Waals surface area contributed by atoms with E-state index in [0.717, 1.165) is 11.3 Å². The van der Waals surface area contributed by atoms with Crippen molar-refractivity contribution in [1.29, 1.82) is 0 Å². The van der Waals surface area contributed by atoms with Crippen molar-refractivity contribution in [2.45, 2.75) is 26.3 Å². The Morgan fingerprint density at radius 1 is 1.25 bits per heavy atom. The van der Waals surface area contributed by atoms with Gasteiger partial charge in [-0.2, -0.15) is 0 Å². The first-order valence-corrected chi connectivity index (χ1v) is 9.69. The molecule has 0 radical (unpaired) electrons. The number of amides is 1. The van der Waals surface area contributed by atoms with Gasteiger partial charge in [0, 0.05) is 17.3 Å². The van der Waals surface area contributed by atoms with E-state index >= 15 is 0 Å². The lowest BCUT2D eigenvalue weighted by Gasteiger charge is -2.24. The highest BCUT2D eigenvalue weighted by molar-refractivity contribution is 6.29. The Morgan fingerprint density at radius 3 is 2.75 bits per heavy atom. The summed E-state index contributed by atoms with van der Waals surface area (Å²) in [6, 6.07) is 11.5. The van der Waals surface area contributed by atoms with Crippen molar-refractivity contribution in [3.63, 3.8) is 0 Å². The molecule has 0 bridgehead atoms. The number of hydrogen-bond donors (Lipinski definition) is 0. The van der Waals surface area contributed by atoms with Crippen LogP contribution in [0.3, 0.4) is 0 Å². The highest BCUT2D eigenvalue weighted by Gasteiger charge is 2.21. The zero-order valence-electron chi connectivity index (χ0n) is 16.1. The van der Waals surface area contributed by atoms with Gasteiger partial charge in [-0.1, -0.05) is 38.6 Å². The van der Waals surface area contributed by atoms with Crippen molar-refractivity contribution in [3.8, 4) is 17.2 Å². The lowest BCUT2D eigenvalue weighted by Crippen LogP contribution is -2.31. The Labute approximate surface area is 170 Å². The Kier molecular flexibility index (Phi) is 6.47. The minimum atomic E-state index is -0.204. The second-order valence-corrected chi connectivity index (χ2v) is 7.04. The van der Waals surface area contributed by atoms with Gasteiger partial charge in [0.25, 0.3) is 0 Å². The number of fused-ring (bicyclic) bond motifs is 1. The first-order chi connectivity index (χ1) is 13.5. The molecular weight excluding hydrogens is 378 g/mol. The lowest BCUT2D eigenvalue weighted by atomic mass is 10.00. The number of halogens is 1. The van der Waals surface area contributed by atoms with E-state index in [2.05, 4.69) is 26.5 Å². The third-order valence-corrected chi connectivity index (χ3v) is 4.75. The number of nitrogens with zero attached hydrogens (tertiary/aromatic N) is 1. The van der Waals surface area contributed by atoms with Gasteiger partial charge < -0.3 is 19.1 Å². The number of ether oxygens (including phenoxy) is 3. The largest absolute Gasteiger partial charge is 0.489 e. The number of benzene rings is 2. The minimum Gasteiger partial charge on any atom is -0.489 e. The van der Waals surface area contributed by atoms with Gasteiger partial charge in [-0.25, -0.2) is 0 Å².